The highest BCUT2D eigenvalue weighted by Crippen LogP contribution is 2.20. The fourth-order valence-electron chi connectivity index (χ4n) is 3.71. The summed E-state index contributed by atoms with van der Waals surface area (Å²) in [4.78, 5) is 25.9. The zero-order valence-corrected chi connectivity index (χ0v) is 18.1. The summed E-state index contributed by atoms with van der Waals surface area (Å²) >= 11 is 0. The van der Waals surface area contributed by atoms with E-state index in [1.165, 1.54) is 8.61 Å². The Morgan fingerprint density at radius 2 is 1.73 bits per heavy atom. The number of hydrogen-bond acceptors (Lipinski definition) is 5. The van der Waals surface area contributed by atoms with E-state index in [9.17, 15) is 18.0 Å². The minimum Gasteiger partial charge on any atom is -0.373 e. The molecular formula is C20H28N4O5S. The van der Waals surface area contributed by atoms with Crippen molar-refractivity contribution >= 4 is 27.7 Å². The average molecular weight is 437 g/mol. The Hall–Kier alpha value is -2.27. The maximum Gasteiger partial charge on any atom is 0.282 e. The van der Waals surface area contributed by atoms with Crippen molar-refractivity contribution in [3.63, 3.8) is 0 Å². The van der Waals surface area contributed by atoms with Gasteiger partial charge in [0.15, 0.2) is 0 Å². The molecule has 2 aliphatic rings. The summed E-state index contributed by atoms with van der Waals surface area (Å²) in [6.07, 6.45) is 0.852. The molecule has 2 unspecified atom stereocenters. The van der Waals surface area contributed by atoms with Crippen LogP contribution < -0.4 is 5.32 Å². The number of carbonyl (C=O) groups is 2. The van der Waals surface area contributed by atoms with Crippen molar-refractivity contribution in [2.24, 2.45) is 0 Å². The standard InChI is InChI=1S/C20H28N4O5S/c1-4-19(25)21-18-7-5-6-17(12-18)20(26)22-8-10-23(11-9-22)30(27,28)24-13-15(2)29-16(3)14-24/h4-7,12,15-16H,1,8-11,13-14H2,2-3H3,(H,21,25). The van der Waals surface area contributed by atoms with Gasteiger partial charge in [-0.2, -0.15) is 17.0 Å². The molecule has 2 aliphatic heterocycles. The third-order valence-corrected chi connectivity index (χ3v) is 7.10. The Morgan fingerprint density at radius 1 is 1.10 bits per heavy atom. The molecule has 30 heavy (non-hydrogen) atoms. The summed E-state index contributed by atoms with van der Waals surface area (Å²) < 4.78 is 34.5. The molecule has 1 aromatic carbocycles. The van der Waals surface area contributed by atoms with E-state index in [0.717, 1.165) is 6.08 Å². The minimum atomic E-state index is -3.60. The summed E-state index contributed by atoms with van der Waals surface area (Å²) in [5.41, 5.74) is 0.937. The number of morpholine rings is 1. The number of piperazine rings is 1. The number of ether oxygens (including phenoxy) is 1. The normalized spacial score (nSPS) is 23.7. The van der Waals surface area contributed by atoms with Crippen molar-refractivity contribution in [1.82, 2.24) is 13.5 Å². The molecule has 1 aromatic rings. The van der Waals surface area contributed by atoms with Crippen LogP contribution in [0.4, 0.5) is 5.69 Å². The van der Waals surface area contributed by atoms with Gasteiger partial charge in [-0.15, -0.1) is 0 Å². The summed E-state index contributed by atoms with van der Waals surface area (Å²) in [5, 5.41) is 2.63. The first-order valence-corrected chi connectivity index (χ1v) is 11.3. The molecule has 2 heterocycles. The first-order valence-electron chi connectivity index (χ1n) is 9.94. The highest BCUT2D eigenvalue weighted by molar-refractivity contribution is 7.86. The Balaban J connectivity index is 1.62. The van der Waals surface area contributed by atoms with Crippen molar-refractivity contribution in [1.29, 1.82) is 0 Å². The van der Waals surface area contributed by atoms with Crippen molar-refractivity contribution < 1.29 is 22.7 Å². The van der Waals surface area contributed by atoms with Crippen LogP contribution in [0.15, 0.2) is 36.9 Å². The van der Waals surface area contributed by atoms with Crippen LogP contribution in [0.2, 0.25) is 0 Å². The quantitative estimate of drug-likeness (QED) is 0.692. The summed E-state index contributed by atoms with van der Waals surface area (Å²) in [5.74, 6) is -0.555. The van der Waals surface area contributed by atoms with E-state index in [2.05, 4.69) is 11.9 Å². The van der Waals surface area contributed by atoms with Gasteiger partial charge in [0.2, 0.25) is 5.91 Å². The summed E-state index contributed by atoms with van der Waals surface area (Å²) in [6, 6.07) is 6.65. The molecule has 0 bridgehead atoms. The van der Waals surface area contributed by atoms with Crippen molar-refractivity contribution in [3.05, 3.63) is 42.5 Å². The number of rotatable bonds is 5. The van der Waals surface area contributed by atoms with E-state index in [0.29, 0.717) is 37.4 Å². The lowest BCUT2D eigenvalue weighted by Crippen LogP contribution is -2.57. The first kappa shape index (κ1) is 22.4. The Bertz CT molecular complexity index is 902. The molecule has 2 saturated heterocycles. The number of amides is 2. The van der Waals surface area contributed by atoms with E-state index in [1.54, 1.807) is 29.2 Å². The molecule has 0 radical (unpaired) electrons. The number of nitrogens with one attached hydrogen (secondary N) is 1. The molecule has 164 valence electrons. The van der Waals surface area contributed by atoms with E-state index in [1.807, 2.05) is 13.8 Å². The summed E-state index contributed by atoms with van der Waals surface area (Å²) in [6.45, 7) is 8.86. The largest absolute Gasteiger partial charge is 0.373 e. The molecule has 0 saturated carbocycles. The van der Waals surface area contributed by atoms with Crippen LogP contribution in [0.5, 0.6) is 0 Å². The lowest BCUT2D eigenvalue weighted by atomic mass is 10.1. The van der Waals surface area contributed by atoms with E-state index in [-0.39, 0.29) is 37.1 Å². The SMILES string of the molecule is C=CC(=O)Nc1cccc(C(=O)N2CCN(S(=O)(=O)N3CC(C)OC(C)C3)CC2)c1. The lowest BCUT2D eigenvalue weighted by molar-refractivity contribution is -0.111. The van der Waals surface area contributed by atoms with Gasteiger partial charge in [0.1, 0.15) is 0 Å². The fourth-order valence-corrected chi connectivity index (χ4v) is 5.46. The minimum absolute atomic E-state index is 0.153. The van der Waals surface area contributed by atoms with Crippen molar-refractivity contribution in [3.8, 4) is 0 Å². The molecule has 3 rings (SSSR count). The number of benzene rings is 1. The van der Waals surface area contributed by atoms with E-state index in [4.69, 9.17) is 4.74 Å². The maximum atomic E-state index is 13.0. The lowest BCUT2D eigenvalue weighted by Gasteiger charge is -2.40. The number of carbonyl (C=O) groups excluding carboxylic acids is 2. The zero-order chi connectivity index (χ0) is 21.9. The van der Waals surface area contributed by atoms with Crippen LogP contribution in [0.1, 0.15) is 24.2 Å². The molecular weight excluding hydrogens is 408 g/mol. The van der Waals surface area contributed by atoms with Gasteiger partial charge in [-0.25, -0.2) is 0 Å². The van der Waals surface area contributed by atoms with Crippen LogP contribution in [-0.4, -0.2) is 85.2 Å². The third-order valence-electron chi connectivity index (χ3n) is 5.13. The van der Waals surface area contributed by atoms with Crippen LogP contribution >= 0.6 is 0 Å². The highest BCUT2D eigenvalue weighted by Gasteiger charge is 2.37. The first-order chi connectivity index (χ1) is 14.2. The Kier molecular flexibility index (Phi) is 6.91. The molecule has 10 heteroatoms. The molecule has 0 aromatic heterocycles. The Labute approximate surface area is 177 Å². The molecule has 2 fully saturated rings. The predicted molar refractivity (Wildman–Crippen MR) is 113 cm³/mol. The molecule has 9 nitrogen and oxygen atoms in total. The van der Waals surface area contributed by atoms with Gasteiger partial charge in [0, 0.05) is 50.5 Å². The van der Waals surface area contributed by atoms with Crippen molar-refractivity contribution in [2.45, 2.75) is 26.1 Å². The molecule has 0 spiro atoms. The summed E-state index contributed by atoms with van der Waals surface area (Å²) in [7, 11) is -3.60. The zero-order valence-electron chi connectivity index (χ0n) is 17.3. The topological polar surface area (TPSA) is 99.3 Å². The highest BCUT2D eigenvalue weighted by atomic mass is 32.2. The number of hydrogen-bond donors (Lipinski definition) is 1. The number of anilines is 1. The smallest absolute Gasteiger partial charge is 0.282 e. The number of nitrogens with zero attached hydrogens (tertiary/aromatic N) is 3. The molecule has 0 aliphatic carbocycles. The molecule has 2 amide bonds. The van der Waals surface area contributed by atoms with E-state index < -0.39 is 10.2 Å². The molecule has 1 N–H and O–H groups in total. The average Bonchev–Trinajstić information content (AvgIpc) is 2.72. The van der Waals surface area contributed by atoms with Crippen LogP contribution in [0, 0.1) is 0 Å². The van der Waals surface area contributed by atoms with Gasteiger partial charge in [-0.05, 0) is 38.1 Å². The van der Waals surface area contributed by atoms with Gasteiger partial charge >= 0.3 is 0 Å². The second-order valence-corrected chi connectivity index (χ2v) is 9.48. The van der Waals surface area contributed by atoms with Crippen molar-refractivity contribution in [2.75, 3.05) is 44.6 Å². The third kappa shape index (κ3) is 5.07. The second-order valence-electron chi connectivity index (χ2n) is 7.55. The van der Waals surface area contributed by atoms with Gasteiger partial charge in [-0.3, -0.25) is 9.59 Å². The van der Waals surface area contributed by atoms with Gasteiger partial charge in [0.25, 0.3) is 16.1 Å². The Morgan fingerprint density at radius 3 is 2.33 bits per heavy atom. The van der Waals surface area contributed by atoms with Gasteiger partial charge in [0.05, 0.1) is 12.2 Å². The van der Waals surface area contributed by atoms with E-state index >= 15 is 0 Å². The van der Waals surface area contributed by atoms with Crippen LogP contribution in [-0.2, 0) is 19.7 Å². The van der Waals surface area contributed by atoms with Crippen LogP contribution in [0.3, 0.4) is 0 Å². The van der Waals surface area contributed by atoms with Gasteiger partial charge in [-0.1, -0.05) is 12.6 Å². The fraction of sp³-hybridized carbons (Fsp3) is 0.500. The second kappa shape index (κ2) is 9.25. The predicted octanol–water partition coefficient (Wildman–Crippen LogP) is 0.923. The maximum absolute atomic E-state index is 13.0. The monoisotopic (exact) mass is 436 g/mol. The van der Waals surface area contributed by atoms with Gasteiger partial charge < -0.3 is 15.0 Å². The van der Waals surface area contributed by atoms with Crippen LogP contribution in [0.25, 0.3) is 0 Å². The molecule has 2 atom stereocenters.